The molecular weight excluding hydrogens is 506 g/mol. The Labute approximate surface area is 224 Å². The number of para-hydroxylation sites is 1. The number of rotatable bonds is 8. The summed E-state index contributed by atoms with van der Waals surface area (Å²) in [5, 5.41) is 15.0. The summed E-state index contributed by atoms with van der Waals surface area (Å²) >= 11 is 0. The lowest BCUT2D eigenvalue weighted by Crippen LogP contribution is -2.42. The summed E-state index contributed by atoms with van der Waals surface area (Å²) in [6.07, 6.45) is 3.58. The minimum atomic E-state index is -0.895. The molecule has 1 saturated heterocycles. The molecule has 1 aliphatic heterocycles. The Bertz CT molecular complexity index is 1440. The predicted molar refractivity (Wildman–Crippen MR) is 142 cm³/mol. The lowest BCUT2D eigenvalue weighted by molar-refractivity contribution is 0.159. The van der Waals surface area contributed by atoms with Gasteiger partial charge in [-0.15, -0.1) is 0 Å². The second kappa shape index (κ2) is 11.3. The highest BCUT2D eigenvalue weighted by atomic mass is 19.1. The zero-order valence-electron chi connectivity index (χ0n) is 21.9. The van der Waals surface area contributed by atoms with Crippen LogP contribution in [-0.4, -0.2) is 74.9 Å². The van der Waals surface area contributed by atoms with Crippen molar-refractivity contribution in [2.45, 2.75) is 18.9 Å². The SMILES string of the molecule is COCCN1C[C@@H](NC(=O)Nc2c(C)c(-c3cnn(C)c3)nn2-c2ccccc2)[C@H](c2cc(F)nc(F)c2)C1. The van der Waals surface area contributed by atoms with Gasteiger partial charge in [0.2, 0.25) is 11.9 Å². The number of methoxy groups -OCH3 is 1. The van der Waals surface area contributed by atoms with Gasteiger partial charge < -0.3 is 10.1 Å². The molecule has 5 rings (SSSR count). The molecule has 1 aliphatic rings. The van der Waals surface area contributed by atoms with E-state index in [0.29, 0.717) is 43.3 Å². The van der Waals surface area contributed by atoms with Crippen LogP contribution >= 0.6 is 0 Å². The highest BCUT2D eigenvalue weighted by Gasteiger charge is 2.35. The quantitative estimate of drug-likeness (QED) is 0.335. The Morgan fingerprint density at radius 2 is 1.90 bits per heavy atom. The molecule has 3 aromatic heterocycles. The van der Waals surface area contributed by atoms with Gasteiger partial charge in [0.25, 0.3) is 0 Å². The number of benzene rings is 1. The maximum absolute atomic E-state index is 14.0. The van der Waals surface area contributed by atoms with E-state index in [1.54, 1.807) is 22.7 Å². The minimum absolute atomic E-state index is 0.342. The first-order chi connectivity index (χ1) is 18.8. The van der Waals surface area contributed by atoms with Crippen molar-refractivity contribution in [1.82, 2.24) is 34.8 Å². The normalized spacial score (nSPS) is 17.5. The second-order valence-electron chi connectivity index (χ2n) is 9.58. The van der Waals surface area contributed by atoms with E-state index >= 15 is 0 Å². The van der Waals surface area contributed by atoms with Gasteiger partial charge in [-0.3, -0.25) is 14.9 Å². The summed E-state index contributed by atoms with van der Waals surface area (Å²) in [5.74, 6) is -1.63. The van der Waals surface area contributed by atoms with E-state index in [9.17, 15) is 13.6 Å². The van der Waals surface area contributed by atoms with Gasteiger partial charge in [-0.1, -0.05) is 18.2 Å². The number of carbonyl (C=O) groups is 1. The molecule has 0 spiro atoms. The number of aromatic nitrogens is 5. The van der Waals surface area contributed by atoms with Crippen molar-refractivity contribution in [1.29, 1.82) is 0 Å². The van der Waals surface area contributed by atoms with Crippen molar-refractivity contribution >= 4 is 11.8 Å². The van der Waals surface area contributed by atoms with Crippen LogP contribution in [0.15, 0.2) is 54.9 Å². The fraction of sp³-hybridized carbons (Fsp3) is 0.333. The summed E-state index contributed by atoms with van der Waals surface area (Å²) in [6.45, 7) is 4.00. The summed E-state index contributed by atoms with van der Waals surface area (Å²) < 4.78 is 36.5. The molecule has 12 heteroatoms. The number of ether oxygens (including phenoxy) is 1. The molecule has 204 valence electrons. The number of hydrogen-bond donors (Lipinski definition) is 2. The van der Waals surface area contributed by atoms with E-state index in [2.05, 4.69) is 25.6 Å². The maximum atomic E-state index is 14.0. The summed E-state index contributed by atoms with van der Waals surface area (Å²) in [4.78, 5) is 18.7. The molecule has 2 N–H and O–H groups in total. The van der Waals surface area contributed by atoms with Crippen LogP contribution in [0.2, 0.25) is 0 Å². The van der Waals surface area contributed by atoms with Crippen molar-refractivity contribution in [3.63, 3.8) is 0 Å². The first-order valence-corrected chi connectivity index (χ1v) is 12.6. The summed E-state index contributed by atoms with van der Waals surface area (Å²) in [5.41, 5.74) is 3.49. The molecule has 1 aromatic carbocycles. The van der Waals surface area contributed by atoms with E-state index in [0.717, 1.165) is 16.8 Å². The second-order valence-corrected chi connectivity index (χ2v) is 9.58. The number of urea groups is 1. The number of anilines is 1. The van der Waals surface area contributed by atoms with Crippen molar-refractivity contribution in [3.05, 3.63) is 77.9 Å². The summed E-state index contributed by atoms with van der Waals surface area (Å²) in [7, 11) is 3.44. The van der Waals surface area contributed by atoms with Gasteiger partial charge in [-0.05, 0) is 36.8 Å². The molecule has 0 aliphatic carbocycles. The largest absolute Gasteiger partial charge is 0.383 e. The maximum Gasteiger partial charge on any atom is 0.320 e. The van der Waals surface area contributed by atoms with Gasteiger partial charge >= 0.3 is 6.03 Å². The zero-order valence-corrected chi connectivity index (χ0v) is 21.9. The molecule has 39 heavy (non-hydrogen) atoms. The number of hydrogen-bond acceptors (Lipinski definition) is 6. The Kier molecular flexibility index (Phi) is 7.66. The number of aryl methyl sites for hydroxylation is 1. The highest BCUT2D eigenvalue weighted by Crippen LogP contribution is 2.31. The number of pyridine rings is 1. The van der Waals surface area contributed by atoms with Crippen molar-refractivity contribution in [2.75, 3.05) is 38.7 Å². The lowest BCUT2D eigenvalue weighted by atomic mass is 9.95. The van der Waals surface area contributed by atoms with Crippen LogP contribution in [0.1, 0.15) is 17.0 Å². The molecule has 1 fully saturated rings. The number of nitrogens with zero attached hydrogens (tertiary/aromatic N) is 6. The molecule has 2 amide bonds. The molecule has 0 saturated carbocycles. The smallest absolute Gasteiger partial charge is 0.320 e. The Morgan fingerprint density at radius 1 is 1.15 bits per heavy atom. The van der Waals surface area contributed by atoms with Gasteiger partial charge in [-0.25, -0.2) is 9.48 Å². The fourth-order valence-electron chi connectivity index (χ4n) is 5.00. The third kappa shape index (κ3) is 5.81. The third-order valence-corrected chi connectivity index (χ3v) is 6.87. The van der Waals surface area contributed by atoms with E-state index in [4.69, 9.17) is 9.84 Å². The van der Waals surface area contributed by atoms with Crippen LogP contribution in [0.5, 0.6) is 0 Å². The number of amides is 2. The highest BCUT2D eigenvalue weighted by molar-refractivity contribution is 5.91. The number of halogens is 2. The van der Waals surface area contributed by atoms with Gasteiger partial charge in [-0.2, -0.15) is 24.0 Å². The average molecular weight is 537 g/mol. The fourth-order valence-corrected chi connectivity index (χ4v) is 5.00. The third-order valence-electron chi connectivity index (χ3n) is 6.87. The summed E-state index contributed by atoms with van der Waals surface area (Å²) in [6, 6.07) is 11.1. The standard InChI is InChI=1S/C27H30F2N8O2/c1-17-25(19-13-30-35(2)14-19)34-37(20-7-5-4-6-8-20)26(17)33-27(38)31-22-16-36(9-10-39-3)15-21(22)18-11-23(28)32-24(29)12-18/h4-8,11-14,21-22H,9-10,15-16H2,1-3H3,(H2,31,33,38)/t21-,22+/m0/s1. The first-order valence-electron chi connectivity index (χ1n) is 12.6. The number of carbonyl (C=O) groups excluding carboxylic acids is 1. The molecule has 0 radical (unpaired) electrons. The van der Waals surface area contributed by atoms with Crippen LogP contribution in [0.3, 0.4) is 0 Å². The topological polar surface area (TPSA) is 102 Å². The molecule has 4 heterocycles. The van der Waals surface area contributed by atoms with Crippen LogP contribution in [0.25, 0.3) is 16.9 Å². The lowest BCUT2D eigenvalue weighted by Gasteiger charge is -2.21. The first kappa shape index (κ1) is 26.4. The van der Waals surface area contributed by atoms with Gasteiger partial charge in [0.05, 0.1) is 24.5 Å². The van der Waals surface area contributed by atoms with Gasteiger partial charge in [0.1, 0.15) is 11.5 Å². The molecule has 0 unspecified atom stereocenters. The van der Waals surface area contributed by atoms with E-state index in [1.807, 2.05) is 50.5 Å². The number of likely N-dealkylation sites (tertiary alicyclic amines) is 1. The molecule has 0 bridgehead atoms. The van der Waals surface area contributed by atoms with Gasteiger partial charge in [0.15, 0.2) is 0 Å². The molecule has 2 atom stereocenters. The van der Waals surface area contributed by atoms with E-state index in [1.165, 1.54) is 12.1 Å². The van der Waals surface area contributed by atoms with Crippen LogP contribution in [0.4, 0.5) is 19.4 Å². The van der Waals surface area contributed by atoms with Crippen molar-refractivity contribution in [3.8, 4) is 16.9 Å². The predicted octanol–water partition coefficient (Wildman–Crippen LogP) is 3.49. The monoisotopic (exact) mass is 536 g/mol. The van der Waals surface area contributed by atoms with Gasteiger partial charge in [0, 0.05) is 57.0 Å². The Morgan fingerprint density at radius 3 is 2.56 bits per heavy atom. The molecule has 4 aromatic rings. The Hall–Kier alpha value is -4.16. The van der Waals surface area contributed by atoms with Crippen molar-refractivity contribution in [2.24, 2.45) is 7.05 Å². The van der Waals surface area contributed by atoms with E-state index in [-0.39, 0.29) is 5.92 Å². The van der Waals surface area contributed by atoms with Crippen LogP contribution in [0, 0.1) is 18.8 Å². The van der Waals surface area contributed by atoms with E-state index < -0.39 is 24.0 Å². The average Bonchev–Trinajstić information content (AvgIpc) is 3.60. The van der Waals surface area contributed by atoms with Crippen LogP contribution in [-0.2, 0) is 11.8 Å². The molecule has 10 nitrogen and oxygen atoms in total. The minimum Gasteiger partial charge on any atom is -0.383 e. The number of nitrogens with one attached hydrogen (secondary N) is 2. The van der Waals surface area contributed by atoms with Crippen molar-refractivity contribution < 1.29 is 18.3 Å². The zero-order chi connectivity index (χ0) is 27.5. The van der Waals surface area contributed by atoms with Crippen LogP contribution < -0.4 is 10.6 Å². The molecular formula is C27H30F2N8O2. The Balaban J connectivity index is 1.42.